The van der Waals surface area contributed by atoms with Crippen LogP contribution < -0.4 is 0 Å². The maximum absolute atomic E-state index is 5.37. The summed E-state index contributed by atoms with van der Waals surface area (Å²) in [6, 6.07) is 0. The first-order valence-corrected chi connectivity index (χ1v) is 4.97. The topological polar surface area (TPSA) is 9.23 Å². The molecule has 3 aliphatic carbocycles. The second-order valence-corrected chi connectivity index (χ2v) is 4.78. The van der Waals surface area contributed by atoms with Crippen molar-refractivity contribution in [2.75, 3.05) is 13.2 Å². The monoisotopic (exact) mass is 152 g/mol. The van der Waals surface area contributed by atoms with Crippen molar-refractivity contribution < 1.29 is 4.74 Å². The van der Waals surface area contributed by atoms with Crippen LogP contribution in [-0.4, -0.2) is 13.2 Å². The summed E-state index contributed by atoms with van der Waals surface area (Å²) in [5, 5.41) is 0. The van der Waals surface area contributed by atoms with Crippen LogP contribution in [0.15, 0.2) is 0 Å². The van der Waals surface area contributed by atoms with Crippen LogP contribution in [0.3, 0.4) is 0 Å². The summed E-state index contributed by atoms with van der Waals surface area (Å²) in [4.78, 5) is 0. The van der Waals surface area contributed by atoms with E-state index in [0.717, 1.165) is 25.0 Å². The fraction of sp³-hybridized carbons (Fsp3) is 1.00. The van der Waals surface area contributed by atoms with E-state index in [2.05, 4.69) is 0 Å². The van der Waals surface area contributed by atoms with Crippen molar-refractivity contribution in [1.29, 1.82) is 0 Å². The van der Waals surface area contributed by atoms with Crippen LogP contribution in [0.1, 0.15) is 32.1 Å². The van der Waals surface area contributed by atoms with Gasteiger partial charge in [0.05, 0.1) is 13.2 Å². The molecule has 0 aromatic rings. The summed E-state index contributed by atoms with van der Waals surface area (Å²) >= 11 is 0. The normalized spacial score (nSPS) is 45.8. The van der Waals surface area contributed by atoms with Crippen molar-refractivity contribution in [2.45, 2.75) is 32.1 Å². The fourth-order valence-corrected chi connectivity index (χ4v) is 3.44. The Balaban J connectivity index is 1.86. The molecule has 0 amide bonds. The van der Waals surface area contributed by atoms with E-state index in [1.807, 2.05) is 0 Å². The van der Waals surface area contributed by atoms with E-state index in [0.29, 0.717) is 5.41 Å². The molecule has 2 bridgehead atoms. The van der Waals surface area contributed by atoms with Crippen molar-refractivity contribution in [1.82, 2.24) is 0 Å². The first kappa shape index (κ1) is 6.47. The summed E-state index contributed by atoms with van der Waals surface area (Å²) < 4.78 is 5.37. The summed E-state index contributed by atoms with van der Waals surface area (Å²) in [6.07, 6.45) is 7.55. The van der Waals surface area contributed by atoms with Gasteiger partial charge in [0.1, 0.15) is 0 Å². The Morgan fingerprint density at radius 1 is 1.00 bits per heavy atom. The van der Waals surface area contributed by atoms with Crippen LogP contribution in [0.5, 0.6) is 0 Å². The second kappa shape index (κ2) is 2.01. The van der Waals surface area contributed by atoms with Gasteiger partial charge in [0.15, 0.2) is 0 Å². The van der Waals surface area contributed by atoms with Crippen LogP contribution in [0.4, 0.5) is 0 Å². The zero-order valence-electron chi connectivity index (χ0n) is 7.01. The summed E-state index contributed by atoms with van der Waals surface area (Å²) in [5.41, 5.74) is 0.696. The standard InChI is InChI=1S/C10H16O/c1-3-9-4-2-8(1)5-10(9)6-11-7-10/h8-9H,1-7H2. The Morgan fingerprint density at radius 2 is 1.73 bits per heavy atom. The van der Waals surface area contributed by atoms with E-state index in [4.69, 9.17) is 4.74 Å². The maximum Gasteiger partial charge on any atom is 0.0547 e. The van der Waals surface area contributed by atoms with Crippen LogP contribution in [0.2, 0.25) is 0 Å². The SMILES string of the molecule is C1CC2CCC1CC21COC1. The molecule has 0 atom stereocenters. The van der Waals surface area contributed by atoms with Gasteiger partial charge in [-0.3, -0.25) is 0 Å². The molecule has 1 nitrogen and oxygen atoms in total. The minimum atomic E-state index is 0.696. The largest absolute Gasteiger partial charge is 0.380 e. The predicted octanol–water partition coefficient (Wildman–Crippen LogP) is 2.21. The van der Waals surface area contributed by atoms with Gasteiger partial charge in [-0.2, -0.15) is 0 Å². The van der Waals surface area contributed by atoms with Gasteiger partial charge in [-0.05, 0) is 31.1 Å². The number of rotatable bonds is 0. The van der Waals surface area contributed by atoms with Gasteiger partial charge in [-0.15, -0.1) is 0 Å². The molecule has 1 spiro atoms. The molecule has 0 aromatic heterocycles. The van der Waals surface area contributed by atoms with E-state index in [9.17, 15) is 0 Å². The molecule has 1 heterocycles. The number of ether oxygens (including phenoxy) is 1. The van der Waals surface area contributed by atoms with Crippen molar-refractivity contribution in [3.8, 4) is 0 Å². The number of hydrogen-bond acceptors (Lipinski definition) is 1. The smallest absolute Gasteiger partial charge is 0.0547 e. The molecule has 0 aromatic carbocycles. The van der Waals surface area contributed by atoms with E-state index >= 15 is 0 Å². The highest BCUT2D eigenvalue weighted by Crippen LogP contribution is 2.55. The third-order valence-corrected chi connectivity index (χ3v) is 4.19. The maximum atomic E-state index is 5.37. The summed E-state index contributed by atoms with van der Waals surface area (Å²) in [6.45, 7) is 2.18. The average molecular weight is 152 g/mol. The molecule has 0 N–H and O–H groups in total. The van der Waals surface area contributed by atoms with E-state index < -0.39 is 0 Å². The lowest BCUT2D eigenvalue weighted by molar-refractivity contribution is -0.189. The number of fused-ring (bicyclic) bond motifs is 2. The lowest BCUT2D eigenvalue weighted by Gasteiger charge is -2.56. The molecule has 62 valence electrons. The molecule has 3 saturated carbocycles. The van der Waals surface area contributed by atoms with Crippen molar-refractivity contribution in [3.05, 3.63) is 0 Å². The predicted molar refractivity (Wildman–Crippen MR) is 43.3 cm³/mol. The van der Waals surface area contributed by atoms with E-state index in [1.165, 1.54) is 32.1 Å². The first-order valence-electron chi connectivity index (χ1n) is 4.97. The van der Waals surface area contributed by atoms with Crippen molar-refractivity contribution >= 4 is 0 Å². The molecular weight excluding hydrogens is 136 g/mol. The fourth-order valence-electron chi connectivity index (χ4n) is 3.44. The van der Waals surface area contributed by atoms with Crippen LogP contribution in [-0.2, 0) is 4.74 Å². The minimum Gasteiger partial charge on any atom is -0.380 e. The lowest BCUT2D eigenvalue weighted by atomic mass is 9.55. The highest BCUT2D eigenvalue weighted by atomic mass is 16.5. The van der Waals surface area contributed by atoms with Gasteiger partial charge in [-0.25, -0.2) is 0 Å². The van der Waals surface area contributed by atoms with Gasteiger partial charge in [-0.1, -0.05) is 12.8 Å². The third-order valence-electron chi connectivity index (χ3n) is 4.19. The summed E-state index contributed by atoms with van der Waals surface area (Å²) in [7, 11) is 0. The Kier molecular flexibility index (Phi) is 1.18. The number of hydrogen-bond donors (Lipinski definition) is 0. The molecule has 1 aliphatic heterocycles. The Hall–Kier alpha value is -0.0400. The molecule has 11 heavy (non-hydrogen) atoms. The molecule has 4 rings (SSSR count). The Labute approximate surface area is 68.1 Å². The van der Waals surface area contributed by atoms with E-state index in [1.54, 1.807) is 0 Å². The van der Waals surface area contributed by atoms with Gasteiger partial charge < -0.3 is 4.74 Å². The van der Waals surface area contributed by atoms with Gasteiger partial charge in [0, 0.05) is 5.41 Å². The zero-order valence-corrected chi connectivity index (χ0v) is 7.01. The highest BCUT2D eigenvalue weighted by molar-refractivity contribution is 5.00. The average Bonchev–Trinajstić information content (AvgIpc) is 2.04. The van der Waals surface area contributed by atoms with Crippen molar-refractivity contribution in [2.24, 2.45) is 17.3 Å². The molecule has 1 heteroatoms. The van der Waals surface area contributed by atoms with Gasteiger partial charge in [0.2, 0.25) is 0 Å². The first-order chi connectivity index (χ1) is 5.39. The van der Waals surface area contributed by atoms with Crippen LogP contribution in [0, 0.1) is 17.3 Å². The molecule has 0 unspecified atom stereocenters. The minimum absolute atomic E-state index is 0.696. The highest BCUT2D eigenvalue weighted by Gasteiger charge is 2.51. The molecule has 4 aliphatic rings. The van der Waals surface area contributed by atoms with Crippen LogP contribution >= 0.6 is 0 Å². The van der Waals surface area contributed by atoms with E-state index in [-0.39, 0.29) is 0 Å². The summed E-state index contributed by atoms with van der Waals surface area (Å²) in [5.74, 6) is 2.12. The van der Waals surface area contributed by atoms with Gasteiger partial charge >= 0.3 is 0 Å². The van der Waals surface area contributed by atoms with Crippen LogP contribution in [0.25, 0.3) is 0 Å². The molecule has 1 saturated heterocycles. The second-order valence-electron chi connectivity index (χ2n) is 4.78. The molecular formula is C10H16O. The van der Waals surface area contributed by atoms with Crippen molar-refractivity contribution in [3.63, 3.8) is 0 Å². The Bertz CT molecular complexity index is 164. The third kappa shape index (κ3) is 0.752. The molecule has 0 radical (unpaired) electrons. The zero-order chi connectivity index (χ0) is 7.31. The Morgan fingerprint density at radius 3 is 2.00 bits per heavy atom. The quantitative estimate of drug-likeness (QED) is 0.517. The van der Waals surface area contributed by atoms with Gasteiger partial charge in [0.25, 0.3) is 0 Å². The lowest BCUT2D eigenvalue weighted by Crippen LogP contribution is -2.54. The molecule has 4 fully saturated rings.